The van der Waals surface area contributed by atoms with Gasteiger partial charge in [-0.3, -0.25) is 9.79 Å². The summed E-state index contributed by atoms with van der Waals surface area (Å²) in [5.41, 5.74) is 2.07. The molecule has 1 amide bonds. The SMILES string of the molecule is CN=C(NCCNc1ncc(Cl)cc1Cl)NCc1ccc(N2CCCC2=O)cc1.I. The Balaban J connectivity index is 0.00000320. The fourth-order valence-corrected chi connectivity index (χ4v) is 3.47. The molecular weight excluding hydrogens is 538 g/mol. The van der Waals surface area contributed by atoms with Gasteiger partial charge in [0.2, 0.25) is 5.91 Å². The van der Waals surface area contributed by atoms with E-state index >= 15 is 0 Å². The summed E-state index contributed by atoms with van der Waals surface area (Å²) in [4.78, 5) is 22.0. The summed E-state index contributed by atoms with van der Waals surface area (Å²) in [6, 6.07) is 9.68. The number of anilines is 2. The van der Waals surface area contributed by atoms with E-state index in [1.165, 1.54) is 0 Å². The molecule has 30 heavy (non-hydrogen) atoms. The first-order valence-corrected chi connectivity index (χ1v) is 10.2. The molecule has 0 bridgehead atoms. The number of hydrogen-bond acceptors (Lipinski definition) is 4. The second kappa shape index (κ2) is 12.2. The van der Waals surface area contributed by atoms with Gasteiger partial charge in [-0.05, 0) is 30.2 Å². The van der Waals surface area contributed by atoms with Crippen LogP contribution in [0.1, 0.15) is 18.4 Å². The first kappa shape index (κ1) is 24.5. The Kier molecular flexibility index (Phi) is 9.93. The average molecular weight is 563 g/mol. The number of nitrogens with zero attached hydrogens (tertiary/aromatic N) is 3. The maximum Gasteiger partial charge on any atom is 0.227 e. The molecule has 0 atom stereocenters. The number of hydrogen-bond donors (Lipinski definition) is 3. The zero-order valence-electron chi connectivity index (χ0n) is 16.6. The summed E-state index contributed by atoms with van der Waals surface area (Å²) in [6.45, 7) is 2.69. The number of benzene rings is 1. The van der Waals surface area contributed by atoms with Gasteiger partial charge < -0.3 is 20.9 Å². The molecule has 1 saturated heterocycles. The minimum atomic E-state index is 0. The molecule has 0 unspecified atom stereocenters. The van der Waals surface area contributed by atoms with Crippen LogP contribution in [0.25, 0.3) is 0 Å². The molecule has 7 nitrogen and oxygen atoms in total. The Bertz CT molecular complexity index is 878. The van der Waals surface area contributed by atoms with Crippen LogP contribution in [0, 0.1) is 0 Å². The van der Waals surface area contributed by atoms with Crippen LogP contribution in [0.4, 0.5) is 11.5 Å². The van der Waals surface area contributed by atoms with Crippen molar-refractivity contribution in [3.63, 3.8) is 0 Å². The van der Waals surface area contributed by atoms with Crippen molar-refractivity contribution in [3.8, 4) is 0 Å². The summed E-state index contributed by atoms with van der Waals surface area (Å²) < 4.78 is 0. The van der Waals surface area contributed by atoms with Gasteiger partial charge in [0.05, 0.1) is 10.0 Å². The van der Waals surface area contributed by atoms with Crippen LogP contribution in [0.3, 0.4) is 0 Å². The van der Waals surface area contributed by atoms with Gasteiger partial charge in [0.25, 0.3) is 0 Å². The van der Waals surface area contributed by atoms with Crippen molar-refractivity contribution in [1.29, 1.82) is 0 Å². The number of carbonyl (C=O) groups excluding carboxylic acids is 1. The van der Waals surface area contributed by atoms with Crippen molar-refractivity contribution in [2.45, 2.75) is 19.4 Å². The monoisotopic (exact) mass is 562 g/mol. The van der Waals surface area contributed by atoms with Gasteiger partial charge in [0.1, 0.15) is 5.82 Å². The van der Waals surface area contributed by atoms with Gasteiger partial charge in [0, 0.05) is 51.5 Å². The fourth-order valence-electron chi connectivity index (χ4n) is 3.03. The lowest BCUT2D eigenvalue weighted by Gasteiger charge is -2.16. The van der Waals surface area contributed by atoms with E-state index in [0.717, 1.165) is 24.2 Å². The van der Waals surface area contributed by atoms with E-state index in [1.54, 1.807) is 19.3 Å². The van der Waals surface area contributed by atoms with E-state index in [2.05, 4.69) is 25.9 Å². The van der Waals surface area contributed by atoms with Crippen molar-refractivity contribution in [2.24, 2.45) is 4.99 Å². The minimum Gasteiger partial charge on any atom is -0.367 e. The quantitative estimate of drug-likeness (QED) is 0.206. The molecule has 1 aromatic carbocycles. The van der Waals surface area contributed by atoms with Gasteiger partial charge in [-0.1, -0.05) is 35.3 Å². The zero-order valence-corrected chi connectivity index (χ0v) is 20.5. The van der Waals surface area contributed by atoms with Gasteiger partial charge in [-0.2, -0.15) is 0 Å². The number of halogens is 3. The highest BCUT2D eigenvalue weighted by Gasteiger charge is 2.21. The highest BCUT2D eigenvalue weighted by Crippen LogP contribution is 2.22. The van der Waals surface area contributed by atoms with E-state index in [9.17, 15) is 4.79 Å². The van der Waals surface area contributed by atoms with E-state index in [1.807, 2.05) is 29.2 Å². The van der Waals surface area contributed by atoms with Crippen molar-refractivity contribution < 1.29 is 4.79 Å². The van der Waals surface area contributed by atoms with Gasteiger partial charge >= 0.3 is 0 Å². The number of guanidine groups is 1. The van der Waals surface area contributed by atoms with Crippen molar-refractivity contribution >= 4 is 70.6 Å². The number of aliphatic imine (C=N–C) groups is 1. The third-order valence-electron chi connectivity index (χ3n) is 4.52. The van der Waals surface area contributed by atoms with Gasteiger partial charge in [0.15, 0.2) is 5.96 Å². The van der Waals surface area contributed by atoms with Crippen LogP contribution >= 0.6 is 47.2 Å². The molecule has 0 aliphatic carbocycles. The van der Waals surface area contributed by atoms with E-state index in [-0.39, 0.29) is 29.9 Å². The lowest BCUT2D eigenvalue weighted by Crippen LogP contribution is -2.39. The van der Waals surface area contributed by atoms with Crippen LogP contribution in [0.2, 0.25) is 10.0 Å². The van der Waals surface area contributed by atoms with Crippen LogP contribution in [0.15, 0.2) is 41.5 Å². The molecule has 0 radical (unpaired) electrons. The Hall–Kier alpha value is -1.78. The Morgan fingerprint density at radius 1 is 1.20 bits per heavy atom. The van der Waals surface area contributed by atoms with Gasteiger partial charge in [-0.15, -0.1) is 24.0 Å². The largest absolute Gasteiger partial charge is 0.367 e. The maximum atomic E-state index is 11.8. The lowest BCUT2D eigenvalue weighted by atomic mass is 10.2. The van der Waals surface area contributed by atoms with Gasteiger partial charge in [-0.25, -0.2) is 4.98 Å². The maximum absolute atomic E-state index is 11.8. The smallest absolute Gasteiger partial charge is 0.227 e. The van der Waals surface area contributed by atoms with Crippen molar-refractivity contribution in [3.05, 3.63) is 52.1 Å². The molecule has 10 heteroatoms. The minimum absolute atomic E-state index is 0. The predicted molar refractivity (Wildman–Crippen MR) is 134 cm³/mol. The summed E-state index contributed by atoms with van der Waals surface area (Å²) in [7, 11) is 1.72. The summed E-state index contributed by atoms with van der Waals surface area (Å²) in [6.07, 6.45) is 3.12. The molecule has 2 heterocycles. The number of carbonyl (C=O) groups is 1. The number of nitrogens with one attached hydrogen (secondary N) is 3. The standard InChI is InChI=1S/C20H24Cl2N6O.HI/c1-23-20(25-9-8-24-19-17(22)11-15(21)13-26-19)27-12-14-4-6-16(7-5-14)28-10-2-3-18(28)29;/h4-7,11,13H,2-3,8-10,12H2,1H3,(H,24,26)(H2,23,25,27);1H. The molecule has 1 aliphatic heterocycles. The second-order valence-electron chi connectivity index (χ2n) is 6.58. The van der Waals surface area contributed by atoms with Crippen LogP contribution in [-0.4, -0.2) is 43.5 Å². The Morgan fingerprint density at radius 3 is 2.60 bits per heavy atom. The van der Waals surface area contributed by atoms with E-state index in [4.69, 9.17) is 23.2 Å². The van der Waals surface area contributed by atoms with Crippen LogP contribution < -0.4 is 20.9 Å². The molecular formula is C20H25Cl2IN6O. The fraction of sp³-hybridized carbons (Fsp3) is 0.350. The number of amides is 1. The molecule has 0 saturated carbocycles. The van der Waals surface area contributed by atoms with E-state index < -0.39 is 0 Å². The molecule has 2 aromatic rings. The first-order valence-electron chi connectivity index (χ1n) is 9.45. The first-order chi connectivity index (χ1) is 14.1. The lowest BCUT2D eigenvalue weighted by molar-refractivity contribution is -0.117. The van der Waals surface area contributed by atoms with Crippen LogP contribution in [-0.2, 0) is 11.3 Å². The third kappa shape index (κ3) is 6.88. The summed E-state index contributed by atoms with van der Waals surface area (Å²) in [5, 5.41) is 10.6. The van der Waals surface area contributed by atoms with E-state index in [0.29, 0.717) is 47.9 Å². The molecule has 1 fully saturated rings. The molecule has 3 rings (SSSR count). The highest BCUT2D eigenvalue weighted by atomic mass is 127. The molecule has 1 aromatic heterocycles. The highest BCUT2D eigenvalue weighted by molar-refractivity contribution is 14.0. The predicted octanol–water partition coefficient (Wildman–Crippen LogP) is 3.91. The Labute approximate surface area is 203 Å². The number of rotatable bonds is 7. The Morgan fingerprint density at radius 2 is 1.97 bits per heavy atom. The zero-order chi connectivity index (χ0) is 20.6. The normalized spacial score (nSPS) is 13.8. The molecule has 0 spiro atoms. The topological polar surface area (TPSA) is 81.7 Å². The molecule has 1 aliphatic rings. The molecule has 3 N–H and O–H groups in total. The molecule has 162 valence electrons. The average Bonchev–Trinajstić information content (AvgIpc) is 3.15. The number of aromatic nitrogens is 1. The second-order valence-corrected chi connectivity index (χ2v) is 7.42. The number of pyridine rings is 1. The van der Waals surface area contributed by atoms with Crippen molar-refractivity contribution in [1.82, 2.24) is 15.6 Å². The third-order valence-corrected chi connectivity index (χ3v) is 5.02. The van der Waals surface area contributed by atoms with Crippen LogP contribution in [0.5, 0.6) is 0 Å². The summed E-state index contributed by atoms with van der Waals surface area (Å²) >= 11 is 11.9. The van der Waals surface area contributed by atoms with Crippen molar-refractivity contribution in [2.75, 3.05) is 36.9 Å². The summed E-state index contributed by atoms with van der Waals surface area (Å²) in [5.74, 6) is 1.49.